The Balaban J connectivity index is 2.12. The minimum absolute atomic E-state index is 0.389. The second-order valence-electron chi connectivity index (χ2n) is 4.54. The van der Waals surface area contributed by atoms with Crippen molar-refractivity contribution < 1.29 is 9.47 Å². The van der Waals surface area contributed by atoms with Gasteiger partial charge < -0.3 is 15.2 Å². The van der Waals surface area contributed by atoms with E-state index in [1.807, 2.05) is 18.2 Å². The number of ether oxygens (including phenoxy) is 2. The van der Waals surface area contributed by atoms with E-state index in [4.69, 9.17) is 15.2 Å². The molecule has 17 heavy (non-hydrogen) atoms. The molecule has 0 amide bonds. The first-order chi connectivity index (χ1) is 8.33. The van der Waals surface area contributed by atoms with Gasteiger partial charge >= 0.3 is 0 Å². The van der Waals surface area contributed by atoms with Crippen molar-refractivity contribution in [3.63, 3.8) is 0 Å². The largest absolute Gasteiger partial charge is 0.497 e. The van der Waals surface area contributed by atoms with Gasteiger partial charge in [-0.3, -0.25) is 0 Å². The first kappa shape index (κ1) is 12.2. The average molecular weight is 235 g/mol. The highest BCUT2D eigenvalue weighted by atomic mass is 16.5. The van der Waals surface area contributed by atoms with Crippen LogP contribution in [0, 0.1) is 0 Å². The molecular formula is C14H21NO2. The Hall–Kier alpha value is -1.22. The normalized spacial score (nSPS) is 16.1. The molecular weight excluding hydrogens is 214 g/mol. The Morgan fingerprint density at radius 1 is 1.29 bits per heavy atom. The van der Waals surface area contributed by atoms with Crippen LogP contribution in [-0.4, -0.2) is 19.8 Å². The Kier molecular flexibility index (Phi) is 4.26. The zero-order valence-corrected chi connectivity index (χ0v) is 10.4. The van der Waals surface area contributed by atoms with Gasteiger partial charge in [-0.1, -0.05) is 0 Å². The molecule has 3 nitrogen and oxygen atoms in total. The lowest BCUT2D eigenvalue weighted by molar-refractivity contribution is 0.207. The summed E-state index contributed by atoms with van der Waals surface area (Å²) < 4.78 is 11.3. The summed E-state index contributed by atoms with van der Waals surface area (Å²) >= 11 is 0. The average Bonchev–Trinajstić information content (AvgIpc) is 2.84. The third-order valence-corrected chi connectivity index (χ3v) is 3.28. The zero-order chi connectivity index (χ0) is 12.1. The highest BCUT2D eigenvalue weighted by molar-refractivity contribution is 5.40. The Morgan fingerprint density at radius 2 is 2.06 bits per heavy atom. The van der Waals surface area contributed by atoms with Crippen molar-refractivity contribution in [3.8, 4) is 11.5 Å². The first-order valence-corrected chi connectivity index (χ1v) is 6.37. The third-order valence-electron chi connectivity index (χ3n) is 3.28. The molecule has 0 unspecified atom stereocenters. The summed E-state index contributed by atoms with van der Waals surface area (Å²) in [6.07, 6.45) is 6.14. The van der Waals surface area contributed by atoms with E-state index >= 15 is 0 Å². The second kappa shape index (κ2) is 5.92. The minimum Gasteiger partial charge on any atom is -0.497 e. The molecule has 94 valence electrons. The van der Waals surface area contributed by atoms with E-state index in [0.717, 1.165) is 23.5 Å². The van der Waals surface area contributed by atoms with E-state index in [9.17, 15) is 0 Å². The molecule has 0 radical (unpaired) electrons. The van der Waals surface area contributed by atoms with Crippen LogP contribution in [0.5, 0.6) is 11.5 Å². The quantitative estimate of drug-likeness (QED) is 0.853. The van der Waals surface area contributed by atoms with Gasteiger partial charge in [-0.2, -0.15) is 0 Å². The molecule has 1 aliphatic carbocycles. The molecule has 2 N–H and O–H groups in total. The first-order valence-electron chi connectivity index (χ1n) is 6.37. The molecule has 0 saturated heterocycles. The molecule has 2 rings (SSSR count). The van der Waals surface area contributed by atoms with E-state index in [1.54, 1.807) is 7.11 Å². The van der Waals surface area contributed by atoms with Gasteiger partial charge in [-0.05, 0) is 62.4 Å². The Labute approximate surface area is 103 Å². The molecule has 1 aromatic rings. The van der Waals surface area contributed by atoms with Gasteiger partial charge in [0, 0.05) is 0 Å². The molecule has 1 fully saturated rings. The fraction of sp³-hybridized carbons (Fsp3) is 0.571. The molecule has 0 bridgehead atoms. The highest BCUT2D eigenvalue weighted by Crippen LogP contribution is 2.29. The van der Waals surface area contributed by atoms with Crippen LogP contribution in [0.3, 0.4) is 0 Å². The van der Waals surface area contributed by atoms with Crippen LogP contribution in [0.2, 0.25) is 0 Å². The number of hydrogen-bond acceptors (Lipinski definition) is 3. The monoisotopic (exact) mass is 235 g/mol. The third kappa shape index (κ3) is 3.13. The lowest BCUT2D eigenvalue weighted by atomic mass is 10.1. The summed E-state index contributed by atoms with van der Waals surface area (Å²) in [5.74, 6) is 1.84. The van der Waals surface area contributed by atoms with Gasteiger partial charge in [0.2, 0.25) is 0 Å². The standard InChI is InChI=1S/C14H21NO2/c1-16-13-6-7-14(11(10-13)8-9-15)17-12-4-2-3-5-12/h6-7,10,12H,2-5,8-9,15H2,1H3. The van der Waals surface area contributed by atoms with Gasteiger partial charge in [0.25, 0.3) is 0 Å². The van der Waals surface area contributed by atoms with Crippen molar-refractivity contribution in [2.75, 3.05) is 13.7 Å². The maximum Gasteiger partial charge on any atom is 0.123 e. The molecule has 0 atom stereocenters. The van der Waals surface area contributed by atoms with Crippen molar-refractivity contribution in [2.24, 2.45) is 5.73 Å². The number of methoxy groups -OCH3 is 1. The van der Waals surface area contributed by atoms with Crippen LogP contribution in [-0.2, 0) is 6.42 Å². The molecule has 0 spiro atoms. The Morgan fingerprint density at radius 3 is 2.71 bits per heavy atom. The summed E-state index contributed by atoms with van der Waals surface area (Å²) in [5, 5.41) is 0. The maximum atomic E-state index is 6.05. The van der Waals surface area contributed by atoms with Crippen LogP contribution in [0.4, 0.5) is 0 Å². The van der Waals surface area contributed by atoms with Gasteiger partial charge in [0.1, 0.15) is 11.5 Å². The number of benzene rings is 1. The molecule has 3 heteroatoms. The van der Waals surface area contributed by atoms with E-state index in [2.05, 4.69) is 0 Å². The van der Waals surface area contributed by atoms with Crippen LogP contribution in [0.1, 0.15) is 31.2 Å². The number of nitrogens with two attached hydrogens (primary N) is 1. The summed E-state index contributed by atoms with van der Waals surface area (Å²) in [6, 6.07) is 5.98. The lowest BCUT2D eigenvalue weighted by Gasteiger charge is -2.17. The molecule has 1 aliphatic rings. The van der Waals surface area contributed by atoms with Crippen molar-refractivity contribution in [1.29, 1.82) is 0 Å². The summed E-state index contributed by atoms with van der Waals surface area (Å²) in [6.45, 7) is 0.633. The van der Waals surface area contributed by atoms with Crippen molar-refractivity contribution in [1.82, 2.24) is 0 Å². The number of hydrogen-bond donors (Lipinski definition) is 1. The van der Waals surface area contributed by atoms with Gasteiger partial charge in [-0.15, -0.1) is 0 Å². The molecule has 0 aromatic heterocycles. The summed E-state index contributed by atoms with van der Waals surface area (Å²) in [7, 11) is 1.68. The highest BCUT2D eigenvalue weighted by Gasteiger charge is 2.17. The smallest absolute Gasteiger partial charge is 0.123 e. The summed E-state index contributed by atoms with van der Waals surface area (Å²) in [4.78, 5) is 0. The van der Waals surface area contributed by atoms with E-state index in [0.29, 0.717) is 12.6 Å². The molecule has 1 saturated carbocycles. The fourth-order valence-electron chi connectivity index (χ4n) is 2.33. The predicted molar refractivity (Wildman–Crippen MR) is 68.6 cm³/mol. The van der Waals surface area contributed by atoms with Gasteiger partial charge in [0.15, 0.2) is 0 Å². The van der Waals surface area contributed by atoms with E-state index in [1.165, 1.54) is 25.7 Å². The zero-order valence-electron chi connectivity index (χ0n) is 10.4. The topological polar surface area (TPSA) is 44.5 Å². The van der Waals surface area contributed by atoms with E-state index < -0.39 is 0 Å². The Bertz CT molecular complexity index is 359. The van der Waals surface area contributed by atoms with Gasteiger partial charge in [-0.25, -0.2) is 0 Å². The van der Waals surface area contributed by atoms with Crippen molar-refractivity contribution in [2.45, 2.75) is 38.2 Å². The van der Waals surface area contributed by atoms with Gasteiger partial charge in [0.05, 0.1) is 13.2 Å². The lowest BCUT2D eigenvalue weighted by Crippen LogP contribution is -2.13. The molecule has 0 aliphatic heterocycles. The van der Waals surface area contributed by atoms with Crippen molar-refractivity contribution >= 4 is 0 Å². The predicted octanol–water partition coefficient (Wildman–Crippen LogP) is 2.52. The van der Waals surface area contributed by atoms with Crippen LogP contribution in [0.15, 0.2) is 18.2 Å². The molecule has 0 heterocycles. The summed E-state index contributed by atoms with van der Waals surface area (Å²) in [5.41, 5.74) is 6.78. The fourth-order valence-corrected chi connectivity index (χ4v) is 2.33. The number of rotatable bonds is 5. The minimum atomic E-state index is 0.389. The second-order valence-corrected chi connectivity index (χ2v) is 4.54. The van der Waals surface area contributed by atoms with Crippen LogP contribution in [0.25, 0.3) is 0 Å². The maximum absolute atomic E-state index is 6.05. The molecule has 1 aromatic carbocycles. The SMILES string of the molecule is COc1ccc(OC2CCCC2)c(CCN)c1. The van der Waals surface area contributed by atoms with Crippen LogP contribution < -0.4 is 15.2 Å². The van der Waals surface area contributed by atoms with Crippen LogP contribution >= 0.6 is 0 Å². The van der Waals surface area contributed by atoms with E-state index in [-0.39, 0.29) is 0 Å². The van der Waals surface area contributed by atoms with Crippen molar-refractivity contribution in [3.05, 3.63) is 23.8 Å².